The Labute approximate surface area is 95.0 Å². The Balaban J connectivity index is 2.86. The van der Waals surface area contributed by atoms with E-state index in [4.69, 9.17) is 5.26 Å². The average Bonchev–Trinajstić information content (AvgIpc) is 2.36. The summed E-state index contributed by atoms with van der Waals surface area (Å²) in [5.74, 6) is 0. The standard InChI is InChI=1S/C15H11N/c1-3-11(2)13-9-8-12(10-16)14-6-4-5-7-15(13)14/h3-9H,1-2H2. The summed E-state index contributed by atoms with van der Waals surface area (Å²) >= 11 is 0. The van der Waals surface area contributed by atoms with Crippen LogP contribution in [0.1, 0.15) is 11.1 Å². The molecule has 0 aliphatic heterocycles. The summed E-state index contributed by atoms with van der Waals surface area (Å²) in [6, 6.07) is 13.8. The summed E-state index contributed by atoms with van der Waals surface area (Å²) in [6.45, 7) is 7.67. The van der Waals surface area contributed by atoms with Crippen molar-refractivity contribution in [1.82, 2.24) is 0 Å². The second-order valence-electron chi connectivity index (χ2n) is 3.55. The van der Waals surface area contributed by atoms with E-state index in [1.54, 1.807) is 6.08 Å². The lowest BCUT2D eigenvalue weighted by Crippen LogP contribution is -1.86. The zero-order valence-electron chi connectivity index (χ0n) is 8.90. The van der Waals surface area contributed by atoms with Crippen LogP contribution in [0.5, 0.6) is 0 Å². The van der Waals surface area contributed by atoms with E-state index < -0.39 is 0 Å². The summed E-state index contributed by atoms with van der Waals surface area (Å²) in [5, 5.41) is 11.0. The molecule has 0 aliphatic carbocycles. The number of allylic oxidation sites excluding steroid dienone is 2. The monoisotopic (exact) mass is 205 g/mol. The van der Waals surface area contributed by atoms with Crippen molar-refractivity contribution >= 4 is 16.3 Å². The molecule has 0 amide bonds. The van der Waals surface area contributed by atoms with Crippen molar-refractivity contribution in [2.45, 2.75) is 0 Å². The lowest BCUT2D eigenvalue weighted by Gasteiger charge is -2.07. The van der Waals surface area contributed by atoms with E-state index in [0.717, 1.165) is 21.9 Å². The summed E-state index contributed by atoms with van der Waals surface area (Å²) < 4.78 is 0. The smallest absolute Gasteiger partial charge is 0.0998 e. The molecule has 2 rings (SSSR count). The molecule has 0 N–H and O–H groups in total. The first kappa shape index (κ1) is 10.2. The van der Waals surface area contributed by atoms with Crippen LogP contribution in [0.4, 0.5) is 0 Å². The van der Waals surface area contributed by atoms with E-state index in [9.17, 15) is 0 Å². The Bertz CT molecular complexity index is 615. The predicted molar refractivity (Wildman–Crippen MR) is 67.9 cm³/mol. The molecule has 1 heteroatoms. The normalized spacial score (nSPS) is 9.69. The number of hydrogen-bond donors (Lipinski definition) is 0. The van der Waals surface area contributed by atoms with E-state index in [1.807, 2.05) is 36.4 Å². The van der Waals surface area contributed by atoms with Gasteiger partial charge in [-0.25, -0.2) is 0 Å². The van der Waals surface area contributed by atoms with Gasteiger partial charge in [0.25, 0.3) is 0 Å². The van der Waals surface area contributed by atoms with Gasteiger partial charge in [0.05, 0.1) is 11.6 Å². The van der Waals surface area contributed by atoms with Crippen molar-refractivity contribution in [3.8, 4) is 6.07 Å². The van der Waals surface area contributed by atoms with Gasteiger partial charge in [0.15, 0.2) is 0 Å². The van der Waals surface area contributed by atoms with Gasteiger partial charge in [-0.3, -0.25) is 0 Å². The lowest BCUT2D eigenvalue weighted by molar-refractivity contribution is 1.50. The second kappa shape index (κ2) is 4.04. The fourth-order valence-electron chi connectivity index (χ4n) is 1.79. The average molecular weight is 205 g/mol. The third kappa shape index (κ3) is 1.51. The molecule has 0 aliphatic rings. The highest BCUT2D eigenvalue weighted by molar-refractivity contribution is 5.98. The van der Waals surface area contributed by atoms with Crippen LogP contribution in [0.3, 0.4) is 0 Å². The highest BCUT2D eigenvalue weighted by Gasteiger charge is 2.05. The van der Waals surface area contributed by atoms with Gasteiger partial charge in [-0.1, -0.05) is 49.6 Å². The lowest BCUT2D eigenvalue weighted by atomic mass is 9.96. The summed E-state index contributed by atoms with van der Waals surface area (Å²) in [4.78, 5) is 0. The molecule has 76 valence electrons. The van der Waals surface area contributed by atoms with Gasteiger partial charge in [0.1, 0.15) is 0 Å². The van der Waals surface area contributed by atoms with Crippen LogP contribution in [0, 0.1) is 11.3 Å². The third-order valence-electron chi connectivity index (χ3n) is 2.64. The Morgan fingerprint density at radius 3 is 2.44 bits per heavy atom. The van der Waals surface area contributed by atoms with Gasteiger partial charge < -0.3 is 0 Å². The molecule has 2 aromatic carbocycles. The largest absolute Gasteiger partial charge is 0.192 e. The first-order valence-corrected chi connectivity index (χ1v) is 5.01. The minimum Gasteiger partial charge on any atom is -0.192 e. The number of nitriles is 1. The molecule has 0 fully saturated rings. The minimum atomic E-state index is 0.691. The van der Waals surface area contributed by atoms with Crippen molar-refractivity contribution in [3.05, 3.63) is 66.8 Å². The van der Waals surface area contributed by atoms with Crippen LogP contribution in [0.25, 0.3) is 16.3 Å². The molecule has 0 unspecified atom stereocenters. The maximum absolute atomic E-state index is 9.03. The van der Waals surface area contributed by atoms with Gasteiger partial charge in [0, 0.05) is 5.39 Å². The fraction of sp³-hybridized carbons (Fsp3) is 0. The topological polar surface area (TPSA) is 23.8 Å². The highest BCUT2D eigenvalue weighted by atomic mass is 14.2. The van der Waals surface area contributed by atoms with Crippen LogP contribution in [0.15, 0.2) is 55.6 Å². The maximum atomic E-state index is 9.03. The SMILES string of the molecule is C=CC(=C)c1ccc(C#N)c2ccccc12. The fourth-order valence-corrected chi connectivity index (χ4v) is 1.79. The van der Waals surface area contributed by atoms with Crippen molar-refractivity contribution < 1.29 is 0 Å². The summed E-state index contributed by atoms with van der Waals surface area (Å²) in [7, 11) is 0. The molecule has 16 heavy (non-hydrogen) atoms. The number of fused-ring (bicyclic) bond motifs is 1. The Hall–Kier alpha value is -2.33. The molecule has 0 radical (unpaired) electrons. The van der Waals surface area contributed by atoms with Crippen molar-refractivity contribution in [3.63, 3.8) is 0 Å². The van der Waals surface area contributed by atoms with Crippen molar-refractivity contribution in [2.75, 3.05) is 0 Å². The quantitative estimate of drug-likeness (QED) is 0.682. The minimum absolute atomic E-state index is 0.691. The van der Waals surface area contributed by atoms with Crippen LogP contribution in [-0.2, 0) is 0 Å². The van der Waals surface area contributed by atoms with Gasteiger partial charge >= 0.3 is 0 Å². The van der Waals surface area contributed by atoms with Crippen LogP contribution < -0.4 is 0 Å². The number of nitrogens with zero attached hydrogens (tertiary/aromatic N) is 1. The third-order valence-corrected chi connectivity index (χ3v) is 2.64. The summed E-state index contributed by atoms with van der Waals surface area (Å²) in [6.07, 6.45) is 1.73. The molecule has 2 aromatic rings. The van der Waals surface area contributed by atoms with Crippen LogP contribution >= 0.6 is 0 Å². The molecular weight excluding hydrogens is 194 g/mol. The van der Waals surface area contributed by atoms with E-state index in [-0.39, 0.29) is 0 Å². The molecular formula is C15H11N. The van der Waals surface area contributed by atoms with E-state index in [0.29, 0.717) is 5.56 Å². The van der Waals surface area contributed by atoms with Crippen molar-refractivity contribution in [2.24, 2.45) is 0 Å². The van der Waals surface area contributed by atoms with E-state index in [2.05, 4.69) is 19.2 Å². The Kier molecular flexibility index (Phi) is 2.57. The Morgan fingerprint density at radius 2 is 1.81 bits per heavy atom. The summed E-state index contributed by atoms with van der Waals surface area (Å²) in [5.41, 5.74) is 2.60. The first-order valence-electron chi connectivity index (χ1n) is 5.01. The number of rotatable bonds is 2. The first-order chi connectivity index (χ1) is 7.77. The number of benzene rings is 2. The molecule has 0 atom stereocenters. The molecule has 0 bridgehead atoms. The van der Waals surface area contributed by atoms with E-state index >= 15 is 0 Å². The number of hydrogen-bond acceptors (Lipinski definition) is 1. The molecule has 0 saturated heterocycles. The van der Waals surface area contributed by atoms with Crippen LogP contribution in [0.2, 0.25) is 0 Å². The highest BCUT2D eigenvalue weighted by Crippen LogP contribution is 2.27. The van der Waals surface area contributed by atoms with Gasteiger partial charge in [-0.05, 0) is 22.6 Å². The van der Waals surface area contributed by atoms with Gasteiger partial charge in [-0.2, -0.15) is 5.26 Å². The van der Waals surface area contributed by atoms with Gasteiger partial charge in [0.2, 0.25) is 0 Å². The zero-order valence-corrected chi connectivity index (χ0v) is 8.90. The second-order valence-corrected chi connectivity index (χ2v) is 3.55. The molecule has 0 heterocycles. The Morgan fingerprint density at radius 1 is 1.12 bits per heavy atom. The molecule has 0 saturated carbocycles. The zero-order chi connectivity index (χ0) is 11.5. The predicted octanol–water partition coefficient (Wildman–Crippen LogP) is 3.91. The molecule has 0 spiro atoms. The molecule has 0 aromatic heterocycles. The van der Waals surface area contributed by atoms with Crippen LogP contribution in [-0.4, -0.2) is 0 Å². The van der Waals surface area contributed by atoms with Gasteiger partial charge in [-0.15, -0.1) is 0 Å². The van der Waals surface area contributed by atoms with Crippen molar-refractivity contribution in [1.29, 1.82) is 5.26 Å². The maximum Gasteiger partial charge on any atom is 0.0998 e. The molecule has 1 nitrogen and oxygen atoms in total. The van der Waals surface area contributed by atoms with E-state index in [1.165, 1.54) is 0 Å².